The van der Waals surface area contributed by atoms with Gasteiger partial charge in [-0.2, -0.15) is 0 Å². The number of halogens is 1. The van der Waals surface area contributed by atoms with Crippen LogP contribution in [-0.2, 0) is 11.2 Å². The predicted octanol–water partition coefficient (Wildman–Crippen LogP) is 3.94. The highest BCUT2D eigenvalue weighted by Crippen LogP contribution is 2.41. The summed E-state index contributed by atoms with van der Waals surface area (Å²) >= 11 is 3.49. The third-order valence-electron chi connectivity index (χ3n) is 4.22. The van der Waals surface area contributed by atoms with Gasteiger partial charge in [0.25, 0.3) is 0 Å². The number of aromatic nitrogens is 1. The topological polar surface area (TPSA) is 109 Å². The van der Waals surface area contributed by atoms with E-state index in [1.807, 2.05) is 0 Å². The Hall–Kier alpha value is -3.00. The highest BCUT2D eigenvalue weighted by molar-refractivity contribution is 9.10. The number of carbonyl (C=O) groups is 2. The molecule has 0 saturated heterocycles. The van der Waals surface area contributed by atoms with Crippen molar-refractivity contribution in [1.82, 2.24) is 4.98 Å². The van der Waals surface area contributed by atoms with Gasteiger partial charge in [-0.15, -0.1) is 0 Å². The summed E-state index contributed by atoms with van der Waals surface area (Å²) in [6.45, 7) is 0. The third kappa shape index (κ3) is 3.48. The zero-order chi connectivity index (χ0) is 19.7. The zero-order valence-electron chi connectivity index (χ0n) is 14.5. The van der Waals surface area contributed by atoms with E-state index in [0.29, 0.717) is 43.7 Å². The Balaban J connectivity index is 2.30. The molecular formula is C19H16BrNO6. The van der Waals surface area contributed by atoms with E-state index in [0.717, 1.165) is 0 Å². The lowest BCUT2D eigenvalue weighted by atomic mass is 10.0. The quantitative estimate of drug-likeness (QED) is 0.543. The minimum atomic E-state index is -1.08. The van der Waals surface area contributed by atoms with Crippen LogP contribution < -0.4 is 9.47 Å². The van der Waals surface area contributed by atoms with E-state index >= 15 is 0 Å². The van der Waals surface area contributed by atoms with Gasteiger partial charge < -0.3 is 24.7 Å². The minimum absolute atomic E-state index is 0.0889. The van der Waals surface area contributed by atoms with Crippen molar-refractivity contribution in [2.75, 3.05) is 14.2 Å². The average molecular weight is 434 g/mol. The monoisotopic (exact) mass is 433 g/mol. The second-order valence-corrected chi connectivity index (χ2v) is 6.66. The molecule has 0 aliphatic rings. The van der Waals surface area contributed by atoms with Gasteiger partial charge in [-0.05, 0) is 51.8 Å². The Morgan fingerprint density at radius 1 is 1.07 bits per heavy atom. The normalized spacial score (nSPS) is 10.8. The maximum Gasteiger partial charge on any atom is 0.335 e. The number of fused-ring (bicyclic) bond motifs is 1. The molecule has 0 aliphatic carbocycles. The first-order valence-electron chi connectivity index (χ1n) is 7.87. The summed E-state index contributed by atoms with van der Waals surface area (Å²) in [6.07, 6.45) is -0.265. The number of rotatable bonds is 6. The molecule has 0 aliphatic heterocycles. The Morgan fingerprint density at radius 3 is 2.33 bits per heavy atom. The van der Waals surface area contributed by atoms with Crippen molar-refractivity contribution in [3.8, 4) is 22.8 Å². The molecule has 3 aromatic rings. The standard InChI is InChI=1S/C19H16BrNO6/c1-26-15-6-12(13(20)8-16(15)27-2)18-11(7-17(22)23)10-5-9(19(24)25)3-4-14(10)21-18/h3-6,8,21H,7H2,1-2H3,(H,22,23)(H,24,25). The Kier molecular flexibility index (Phi) is 5.09. The van der Waals surface area contributed by atoms with E-state index in [4.69, 9.17) is 9.47 Å². The maximum absolute atomic E-state index is 11.4. The predicted molar refractivity (Wildman–Crippen MR) is 103 cm³/mol. The van der Waals surface area contributed by atoms with Crippen LogP contribution in [0, 0.1) is 0 Å². The first-order chi connectivity index (χ1) is 12.8. The van der Waals surface area contributed by atoms with Crippen molar-refractivity contribution in [3.63, 3.8) is 0 Å². The highest BCUT2D eigenvalue weighted by atomic mass is 79.9. The largest absolute Gasteiger partial charge is 0.493 e. The molecule has 0 spiro atoms. The number of carboxylic acids is 2. The summed E-state index contributed by atoms with van der Waals surface area (Å²) in [5.41, 5.74) is 2.48. The van der Waals surface area contributed by atoms with Gasteiger partial charge in [-0.25, -0.2) is 4.79 Å². The fraction of sp³-hybridized carbons (Fsp3) is 0.158. The number of ether oxygens (including phenoxy) is 2. The van der Waals surface area contributed by atoms with Crippen LogP contribution in [0.3, 0.4) is 0 Å². The number of aromatic amines is 1. The number of methoxy groups -OCH3 is 2. The molecule has 140 valence electrons. The minimum Gasteiger partial charge on any atom is -0.493 e. The SMILES string of the molecule is COc1cc(Br)c(-c2[nH]c3ccc(C(=O)O)cc3c2CC(=O)O)cc1OC. The molecule has 0 atom stereocenters. The summed E-state index contributed by atoms with van der Waals surface area (Å²) in [5, 5.41) is 19.2. The van der Waals surface area contributed by atoms with E-state index in [-0.39, 0.29) is 12.0 Å². The Bertz CT molecular complexity index is 1060. The van der Waals surface area contributed by atoms with Gasteiger partial charge in [0.2, 0.25) is 0 Å². The van der Waals surface area contributed by atoms with Gasteiger partial charge >= 0.3 is 11.9 Å². The van der Waals surface area contributed by atoms with Gasteiger partial charge in [0.15, 0.2) is 11.5 Å². The van der Waals surface area contributed by atoms with Crippen molar-refractivity contribution >= 4 is 38.8 Å². The van der Waals surface area contributed by atoms with Crippen molar-refractivity contribution in [2.24, 2.45) is 0 Å². The molecule has 0 bridgehead atoms. The Morgan fingerprint density at radius 2 is 1.74 bits per heavy atom. The summed E-state index contributed by atoms with van der Waals surface area (Å²) in [5.74, 6) is -1.08. The average Bonchev–Trinajstić information content (AvgIpc) is 2.98. The fourth-order valence-corrected chi connectivity index (χ4v) is 3.51. The van der Waals surface area contributed by atoms with Gasteiger partial charge in [-0.3, -0.25) is 4.79 Å². The lowest BCUT2D eigenvalue weighted by Crippen LogP contribution is -2.02. The van der Waals surface area contributed by atoms with Crippen LogP contribution in [-0.4, -0.2) is 41.4 Å². The molecule has 7 nitrogen and oxygen atoms in total. The molecule has 3 N–H and O–H groups in total. The molecule has 27 heavy (non-hydrogen) atoms. The number of benzene rings is 2. The van der Waals surface area contributed by atoms with Crippen molar-refractivity contribution in [1.29, 1.82) is 0 Å². The number of carboxylic acid groups (broad SMARTS) is 2. The summed E-state index contributed by atoms with van der Waals surface area (Å²) < 4.78 is 11.3. The van der Waals surface area contributed by atoms with E-state index in [1.54, 1.807) is 18.2 Å². The molecule has 8 heteroatoms. The third-order valence-corrected chi connectivity index (χ3v) is 4.88. The number of nitrogens with one attached hydrogen (secondary N) is 1. The van der Waals surface area contributed by atoms with E-state index in [9.17, 15) is 19.8 Å². The van der Waals surface area contributed by atoms with Gasteiger partial charge in [0, 0.05) is 20.9 Å². The molecule has 0 fully saturated rings. The number of aliphatic carboxylic acids is 1. The van der Waals surface area contributed by atoms with Crippen molar-refractivity contribution < 1.29 is 29.3 Å². The van der Waals surface area contributed by atoms with Gasteiger partial charge in [0.05, 0.1) is 31.9 Å². The van der Waals surface area contributed by atoms with Crippen LogP contribution in [0.25, 0.3) is 22.2 Å². The van der Waals surface area contributed by atoms with Crippen LogP contribution >= 0.6 is 15.9 Å². The molecule has 3 rings (SSSR count). The lowest BCUT2D eigenvalue weighted by Gasteiger charge is -2.12. The molecule has 1 aromatic heterocycles. The Labute approximate surface area is 162 Å². The van der Waals surface area contributed by atoms with Crippen LogP contribution in [0.5, 0.6) is 11.5 Å². The smallest absolute Gasteiger partial charge is 0.335 e. The number of hydrogen-bond acceptors (Lipinski definition) is 4. The second kappa shape index (κ2) is 7.32. The maximum atomic E-state index is 11.4. The molecular weight excluding hydrogens is 418 g/mol. The molecule has 1 heterocycles. The van der Waals surface area contributed by atoms with Gasteiger partial charge in [-0.1, -0.05) is 0 Å². The van der Waals surface area contributed by atoms with Crippen LogP contribution in [0.2, 0.25) is 0 Å². The molecule has 0 radical (unpaired) electrons. The number of H-pyrrole nitrogens is 1. The summed E-state index contributed by atoms with van der Waals surface area (Å²) in [6, 6.07) is 8.04. The van der Waals surface area contributed by atoms with E-state index < -0.39 is 11.9 Å². The highest BCUT2D eigenvalue weighted by Gasteiger charge is 2.20. The van der Waals surface area contributed by atoms with Crippen molar-refractivity contribution in [3.05, 3.63) is 45.9 Å². The van der Waals surface area contributed by atoms with E-state index in [1.165, 1.54) is 26.4 Å². The van der Waals surface area contributed by atoms with Crippen LogP contribution in [0.4, 0.5) is 0 Å². The zero-order valence-corrected chi connectivity index (χ0v) is 16.1. The number of aromatic carboxylic acids is 1. The van der Waals surface area contributed by atoms with Crippen LogP contribution in [0.1, 0.15) is 15.9 Å². The van der Waals surface area contributed by atoms with Gasteiger partial charge in [0.1, 0.15) is 0 Å². The van der Waals surface area contributed by atoms with E-state index in [2.05, 4.69) is 20.9 Å². The van der Waals surface area contributed by atoms with Crippen molar-refractivity contribution in [2.45, 2.75) is 6.42 Å². The summed E-state index contributed by atoms with van der Waals surface area (Å²) in [7, 11) is 3.04. The number of hydrogen-bond donors (Lipinski definition) is 3. The first-order valence-corrected chi connectivity index (χ1v) is 8.66. The molecule has 0 saturated carbocycles. The summed E-state index contributed by atoms with van der Waals surface area (Å²) in [4.78, 5) is 25.9. The lowest BCUT2D eigenvalue weighted by molar-refractivity contribution is -0.136. The fourth-order valence-electron chi connectivity index (χ4n) is 2.99. The molecule has 0 amide bonds. The second-order valence-electron chi connectivity index (χ2n) is 5.80. The molecule has 2 aromatic carbocycles. The van der Waals surface area contributed by atoms with Crippen LogP contribution in [0.15, 0.2) is 34.8 Å². The first kappa shape index (κ1) is 18.8. The molecule has 0 unspecified atom stereocenters.